The van der Waals surface area contributed by atoms with Crippen LogP contribution in [0, 0.1) is 5.41 Å². The molecule has 2 heterocycles. The fourth-order valence-corrected chi connectivity index (χ4v) is 3.27. The van der Waals surface area contributed by atoms with E-state index in [1.54, 1.807) is 0 Å². The molecule has 0 aromatic carbocycles. The highest BCUT2D eigenvalue weighted by atomic mass is 32.2. The minimum Gasteiger partial charge on any atom is -0.364 e. The summed E-state index contributed by atoms with van der Waals surface area (Å²) < 4.78 is 4.94. The standard InChI is InChI=1S/C12H20N4OS/c1-12(2,3)6-9-7-14-11(18-9)13-5-4-10-15-8-16-17-10/h8-9H,4-7H2,1-3H3,(H,13,14). The summed E-state index contributed by atoms with van der Waals surface area (Å²) in [6.45, 7) is 8.53. The number of aromatic nitrogens is 2. The Labute approximate surface area is 112 Å². The zero-order chi connectivity index (χ0) is 13.0. The summed E-state index contributed by atoms with van der Waals surface area (Å²) in [4.78, 5) is 8.50. The Morgan fingerprint density at radius 3 is 3.00 bits per heavy atom. The van der Waals surface area contributed by atoms with Crippen LogP contribution >= 0.6 is 11.8 Å². The van der Waals surface area contributed by atoms with Crippen molar-refractivity contribution in [2.45, 2.75) is 38.9 Å². The van der Waals surface area contributed by atoms with Crippen molar-refractivity contribution >= 4 is 16.9 Å². The molecular formula is C12H20N4OS. The van der Waals surface area contributed by atoms with E-state index in [2.05, 4.69) is 41.2 Å². The van der Waals surface area contributed by atoms with Crippen molar-refractivity contribution in [3.05, 3.63) is 12.2 Å². The molecule has 1 N–H and O–H groups in total. The minimum absolute atomic E-state index is 0.367. The number of hydrogen-bond acceptors (Lipinski definition) is 6. The monoisotopic (exact) mass is 268 g/mol. The third-order valence-electron chi connectivity index (χ3n) is 2.58. The molecule has 1 aliphatic rings. The molecule has 6 heteroatoms. The second-order valence-electron chi connectivity index (χ2n) is 5.66. The maximum Gasteiger partial charge on any atom is 0.228 e. The first kappa shape index (κ1) is 13.4. The van der Waals surface area contributed by atoms with Gasteiger partial charge in [-0.15, -0.1) is 0 Å². The molecule has 0 saturated heterocycles. The van der Waals surface area contributed by atoms with Crippen LogP contribution in [0.2, 0.25) is 0 Å². The van der Waals surface area contributed by atoms with E-state index < -0.39 is 0 Å². The van der Waals surface area contributed by atoms with Crippen LogP contribution in [-0.4, -0.2) is 33.6 Å². The molecule has 18 heavy (non-hydrogen) atoms. The summed E-state index contributed by atoms with van der Waals surface area (Å²) >= 11 is 1.85. The van der Waals surface area contributed by atoms with Gasteiger partial charge in [-0.1, -0.05) is 37.7 Å². The molecular weight excluding hydrogens is 248 g/mol. The number of hydrogen-bond donors (Lipinski definition) is 1. The lowest BCUT2D eigenvalue weighted by Gasteiger charge is -2.21. The Morgan fingerprint density at radius 1 is 1.50 bits per heavy atom. The average molecular weight is 268 g/mol. The first-order valence-corrected chi connectivity index (χ1v) is 7.11. The lowest BCUT2D eigenvalue weighted by molar-refractivity contribution is 0.375. The second kappa shape index (κ2) is 5.73. The Hall–Kier alpha value is -1.04. The first-order chi connectivity index (χ1) is 8.53. The average Bonchev–Trinajstić information content (AvgIpc) is 2.88. The predicted molar refractivity (Wildman–Crippen MR) is 73.8 cm³/mol. The number of rotatable bonds is 4. The largest absolute Gasteiger partial charge is 0.364 e. The van der Waals surface area contributed by atoms with Gasteiger partial charge in [0.15, 0.2) is 11.5 Å². The van der Waals surface area contributed by atoms with E-state index in [-0.39, 0.29) is 0 Å². The van der Waals surface area contributed by atoms with Crippen molar-refractivity contribution in [2.75, 3.05) is 13.1 Å². The molecule has 2 rings (SSSR count). The van der Waals surface area contributed by atoms with Gasteiger partial charge in [-0.25, -0.2) is 0 Å². The highest BCUT2D eigenvalue weighted by molar-refractivity contribution is 8.14. The summed E-state index contributed by atoms with van der Waals surface area (Å²) in [6.07, 6.45) is 3.36. The van der Waals surface area contributed by atoms with Crippen LogP contribution in [0.1, 0.15) is 33.1 Å². The molecule has 0 amide bonds. The van der Waals surface area contributed by atoms with Gasteiger partial charge in [0.1, 0.15) is 0 Å². The van der Waals surface area contributed by atoms with Gasteiger partial charge in [0.05, 0.1) is 6.54 Å². The maximum atomic E-state index is 4.94. The molecule has 1 atom stereocenters. The van der Waals surface area contributed by atoms with Gasteiger partial charge in [-0.2, -0.15) is 4.98 Å². The van der Waals surface area contributed by atoms with E-state index in [1.165, 1.54) is 12.7 Å². The quantitative estimate of drug-likeness (QED) is 0.906. The lowest BCUT2D eigenvalue weighted by atomic mass is 9.90. The van der Waals surface area contributed by atoms with Gasteiger partial charge in [0.25, 0.3) is 0 Å². The summed E-state index contributed by atoms with van der Waals surface area (Å²) in [5, 5.41) is 8.55. The van der Waals surface area contributed by atoms with Crippen LogP contribution in [0.3, 0.4) is 0 Å². The fraction of sp³-hybridized carbons (Fsp3) is 0.750. The van der Waals surface area contributed by atoms with E-state index >= 15 is 0 Å². The van der Waals surface area contributed by atoms with Gasteiger partial charge < -0.3 is 9.84 Å². The first-order valence-electron chi connectivity index (χ1n) is 6.23. The van der Waals surface area contributed by atoms with Crippen LogP contribution in [0.4, 0.5) is 0 Å². The van der Waals surface area contributed by atoms with Crippen molar-refractivity contribution in [3.63, 3.8) is 0 Å². The number of nitrogens with one attached hydrogen (secondary N) is 1. The molecule has 100 valence electrons. The minimum atomic E-state index is 0.367. The van der Waals surface area contributed by atoms with Crippen molar-refractivity contribution < 1.29 is 4.52 Å². The van der Waals surface area contributed by atoms with Gasteiger partial charge in [0.2, 0.25) is 5.89 Å². The van der Waals surface area contributed by atoms with E-state index in [0.29, 0.717) is 16.6 Å². The van der Waals surface area contributed by atoms with Gasteiger partial charge in [0, 0.05) is 18.2 Å². The van der Waals surface area contributed by atoms with Crippen LogP contribution in [0.25, 0.3) is 0 Å². The van der Waals surface area contributed by atoms with Gasteiger partial charge >= 0.3 is 0 Å². The van der Waals surface area contributed by atoms with Crippen molar-refractivity contribution in [1.29, 1.82) is 0 Å². The molecule has 0 radical (unpaired) electrons. The molecule has 5 nitrogen and oxygen atoms in total. The Bertz CT molecular complexity index is 397. The normalized spacial score (nSPS) is 19.9. The number of nitrogens with zero attached hydrogens (tertiary/aromatic N) is 3. The topological polar surface area (TPSA) is 63.3 Å². The van der Waals surface area contributed by atoms with Crippen LogP contribution in [-0.2, 0) is 6.42 Å². The van der Waals surface area contributed by atoms with Crippen LogP contribution < -0.4 is 5.32 Å². The summed E-state index contributed by atoms with van der Waals surface area (Å²) in [5.74, 6) is 0.664. The molecule has 0 saturated carbocycles. The van der Waals surface area contributed by atoms with Crippen LogP contribution in [0.5, 0.6) is 0 Å². The van der Waals surface area contributed by atoms with E-state index in [4.69, 9.17) is 4.52 Å². The van der Waals surface area contributed by atoms with E-state index in [9.17, 15) is 0 Å². The Balaban J connectivity index is 1.66. The Kier molecular flexibility index (Phi) is 4.27. The van der Waals surface area contributed by atoms with Gasteiger partial charge in [-0.05, 0) is 11.8 Å². The SMILES string of the molecule is CC(C)(C)CC1CN=C(NCCc2ncno2)S1. The molecule has 1 aromatic rings. The molecule has 0 fully saturated rings. The summed E-state index contributed by atoms with van der Waals surface area (Å²) in [5.41, 5.74) is 0.367. The smallest absolute Gasteiger partial charge is 0.228 e. The van der Waals surface area contributed by atoms with E-state index in [0.717, 1.165) is 24.7 Å². The third kappa shape index (κ3) is 4.33. The maximum absolute atomic E-state index is 4.94. The number of aliphatic imine (C=N–C) groups is 1. The number of thioether (sulfide) groups is 1. The van der Waals surface area contributed by atoms with Crippen molar-refractivity contribution in [3.8, 4) is 0 Å². The van der Waals surface area contributed by atoms with E-state index in [1.807, 2.05) is 11.8 Å². The summed E-state index contributed by atoms with van der Waals surface area (Å²) in [6, 6.07) is 0. The number of amidine groups is 1. The van der Waals surface area contributed by atoms with Crippen molar-refractivity contribution in [2.24, 2.45) is 10.4 Å². The molecule has 0 bridgehead atoms. The van der Waals surface area contributed by atoms with Gasteiger partial charge in [-0.3, -0.25) is 4.99 Å². The molecule has 0 spiro atoms. The third-order valence-corrected chi connectivity index (χ3v) is 3.72. The Morgan fingerprint density at radius 2 is 2.33 bits per heavy atom. The highest BCUT2D eigenvalue weighted by Gasteiger charge is 2.24. The fourth-order valence-electron chi connectivity index (χ4n) is 1.89. The molecule has 0 aliphatic carbocycles. The second-order valence-corrected chi connectivity index (χ2v) is 6.95. The molecule has 1 unspecified atom stereocenters. The zero-order valence-corrected chi connectivity index (χ0v) is 12.0. The molecule has 1 aromatic heterocycles. The predicted octanol–water partition coefficient (Wildman–Crippen LogP) is 2.11. The molecule has 1 aliphatic heterocycles. The van der Waals surface area contributed by atoms with Crippen LogP contribution in [0.15, 0.2) is 15.8 Å². The zero-order valence-electron chi connectivity index (χ0n) is 11.1. The lowest BCUT2D eigenvalue weighted by Crippen LogP contribution is -2.23. The summed E-state index contributed by atoms with van der Waals surface area (Å²) in [7, 11) is 0. The van der Waals surface area contributed by atoms with Crippen molar-refractivity contribution in [1.82, 2.24) is 15.5 Å². The highest BCUT2D eigenvalue weighted by Crippen LogP contribution is 2.31.